The third-order valence-corrected chi connectivity index (χ3v) is 4.52. The molecule has 0 aromatic heterocycles. The number of carbonyl (C=O) groups excluding carboxylic acids is 1. The molecule has 126 valence electrons. The molecule has 1 aliphatic heterocycles. The Balaban J connectivity index is 1.50. The van der Waals surface area contributed by atoms with Gasteiger partial charge in [0.2, 0.25) is 5.91 Å². The van der Waals surface area contributed by atoms with Crippen LogP contribution in [0.2, 0.25) is 0 Å². The van der Waals surface area contributed by atoms with E-state index in [-0.39, 0.29) is 18.6 Å². The van der Waals surface area contributed by atoms with E-state index in [1.165, 1.54) is 5.56 Å². The lowest BCUT2D eigenvalue weighted by Gasteiger charge is -2.33. The molecule has 1 saturated carbocycles. The van der Waals surface area contributed by atoms with Crippen molar-refractivity contribution in [1.29, 1.82) is 0 Å². The van der Waals surface area contributed by atoms with Crippen LogP contribution in [-0.2, 0) is 16.1 Å². The van der Waals surface area contributed by atoms with Gasteiger partial charge in [-0.05, 0) is 18.4 Å². The van der Waals surface area contributed by atoms with Gasteiger partial charge in [-0.15, -0.1) is 0 Å². The molecule has 0 radical (unpaired) electrons. The van der Waals surface area contributed by atoms with Crippen LogP contribution in [0, 0.1) is 0 Å². The Kier molecular flexibility index (Phi) is 5.65. The average Bonchev–Trinajstić information content (AvgIpc) is 3.38. The van der Waals surface area contributed by atoms with E-state index in [1.807, 2.05) is 11.0 Å². The Morgan fingerprint density at radius 3 is 2.78 bits per heavy atom. The molecule has 5 heteroatoms. The number of carbonyl (C=O) groups is 1. The molecule has 1 heterocycles. The Labute approximate surface area is 137 Å². The summed E-state index contributed by atoms with van der Waals surface area (Å²) in [7, 11) is 0. The quantitative estimate of drug-likeness (QED) is 0.822. The van der Waals surface area contributed by atoms with Crippen LogP contribution in [0.4, 0.5) is 0 Å². The van der Waals surface area contributed by atoms with Gasteiger partial charge in [0.15, 0.2) is 0 Å². The highest BCUT2D eigenvalue weighted by atomic mass is 16.5. The highest BCUT2D eigenvalue weighted by molar-refractivity contribution is 5.77. The summed E-state index contributed by atoms with van der Waals surface area (Å²) >= 11 is 0. The highest BCUT2D eigenvalue weighted by Crippen LogP contribution is 2.27. The number of nitrogens with zero attached hydrogens (tertiary/aromatic N) is 2. The normalized spacial score (nSPS) is 22.0. The van der Waals surface area contributed by atoms with Crippen molar-refractivity contribution < 1.29 is 14.6 Å². The minimum absolute atomic E-state index is 0.0356. The van der Waals surface area contributed by atoms with Gasteiger partial charge in [-0.25, -0.2) is 0 Å². The van der Waals surface area contributed by atoms with Gasteiger partial charge in [0.25, 0.3) is 0 Å². The number of aliphatic hydroxyl groups is 1. The largest absolute Gasteiger partial charge is 0.395 e. The molecule has 1 aromatic carbocycles. The van der Waals surface area contributed by atoms with E-state index in [1.54, 1.807) is 0 Å². The molecular weight excluding hydrogens is 292 g/mol. The smallest absolute Gasteiger partial charge is 0.225 e. The van der Waals surface area contributed by atoms with Gasteiger partial charge in [-0.2, -0.15) is 0 Å². The number of aliphatic hydroxyl groups excluding tert-OH is 1. The van der Waals surface area contributed by atoms with Gasteiger partial charge in [0.1, 0.15) is 0 Å². The standard InChI is InChI=1S/C18H26N2O3/c21-10-8-20(16-6-7-16)18(22)12-17-14-19(9-11-23-17)13-15-4-2-1-3-5-15/h1-5,16-17,21H,6-14H2. The molecule has 1 saturated heterocycles. The maximum absolute atomic E-state index is 12.5. The number of benzene rings is 1. The second-order valence-electron chi connectivity index (χ2n) is 6.46. The molecule has 5 nitrogen and oxygen atoms in total. The summed E-state index contributed by atoms with van der Waals surface area (Å²) in [6, 6.07) is 10.7. The molecular formula is C18H26N2O3. The van der Waals surface area contributed by atoms with Crippen molar-refractivity contribution in [2.45, 2.75) is 38.0 Å². The number of hydrogen-bond donors (Lipinski definition) is 1. The first-order valence-electron chi connectivity index (χ1n) is 8.54. The van der Waals surface area contributed by atoms with Crippen LogP contribution in [0.3, 0.4) is 0 Å². The van der Waals surface area contributed by atoms with E-state index in [0.29, 0.717) is 25.6 Å². The maximum Gasteiger partial charge on any atom is 0.225 e. The Bertz CT molecular complexity index is 504. The number of rotatable bonds is 7. The van der Waals surface area contributed by atoms with E-state index in [0.717, 1.165) is 32.5 Å². The number of morpholine rings is 1. The van der Waals surface area contributed by atoms with Crippen LogP contribution in [0.25, 0.3) is 0 Å². The monoisotopic (exact) mass is 318 g/mol. The average molecular weight is 318 g/mol. The number of ether oxygens (including phenoxy) is 1. The lowest BCUT2D eigenvalue weighted by Crippen LogP contribution is -2.45. The fourth-order valence-electron chi connectivity index (χ4n) is 3.21. The third-order valence-electron chi connectivity index (χ3n) is 4.52. The maximum atomic E-state index is 12.5. The van der Waals surface area contributed by atoms with Crippen molar-refractivity contribution in [2.75, 3.05) is 32.8 Å². The van der Waals surface area contributed by atoms with Crippen molar-refractivity contribution in [3.8, 4) is 0 Å². The summed E-state index contributed by atoms with van der Waals surface area (Å²) in [5, 5.41) is 9.14. The van der Waals surface area contributed by atoms with Crippen LogP contribution >= 0.6 is 0 Å². The summed E-state index contributed by atoms with van der Waals surface area (Å²) in [5.74, 6) is 0.119. The first kappa shape index (κ1) is 16.4. The number of hydrogen-bond acceptors (Lipinski definition) is 4. The predicted octanol–water partition coefficient (Wildman–Crippen LogP) is 1.26. The van der Waals surface area contributed by atoms with Gasteiger partial charge < -0.3 is 14.7 Å². The zero-order chi connectivity index (χ0) is 16.1. The Morgan fingerprint density at radius 2 is 2.09 bits per heavy atom. The van der Waals surface area contributed by atoms with E-state index in [4.69, 9.17) is 9.84 Å². The molecule has 1 amide bonds. The second-order valence-corrected chi connectivity index (χ2v) is 6.46. The molecule has 1 aromatic rings. The van der Waals surface area contributed by atoms with Gasteiger partial charge in [0.05, 0.1) is 25.7 Å². The summed E-state index contributed by atoms with van der Waals surface area (Å²) in [6.07, 6.45) is 2.51. The van der Waals surface area contributed by atoms with E-state index >= 15 is 0 Å². The van der Waals surface area contributed by atoms with Crippen molar-refractivity contribution in [3.05, 3.63) is 35.9 Å². The first-order valence-corrected chi connectivity index (χ1v) is 8.54. The molecule has 2 aliphatic rings. The summed E-state index contributed by atoms with van der Waals surface area (Å²) in [6.45, 7) is 3.75. The zero-order valence-electron chi connectivity index (χ0n) is 13.6. The minimum atomic E-state index is -0.0418. The third kappa shape index (κ3) is 4.77. The van der Waals surface area contributed by atoms with Crippen LogP contribution in [0.15, 0.2) is 30.3 Å². The van der Waals surface area contributed by atoms with Crippen molar-refractivity contribution >= 4 is 5.91 Å². The van der Waals surface area contributed by atoms with Crippen LogP contribution in [0.1, 0.15) is 24.8 Å². The van der Waals surface area contributed by atoms with Gasteiger partial charge in [-0.3, -0.25) is 9.69 Å². The summed E-state index contributed by atoms with van der Waals surface area (Å²) in [4.78, 5) is 16.6. The molecule has 0 spiro atoms. The first-order chi connectivity index (χ1) is 11.3. The van der Waals surface area contributed by atoms with Crippen LogP contribution in [0.5, 0.6) is 0 Å². The van der Waals surface area contributed by atoms with E-state index in [2.05, 4.69) is 29.2 Å². The van der Waals surface area contributed by atoms with Gasteiger partial charge in [-0.1, -0.05) is 30.3 Å². The van der Waals surface area contributed by atoms with Crippen molar-refractivity contribution in [3.63, 3.8) is 0 Å². The molecule has 23 heavy (non-hydrogen) atoms. The van der Waals surface area contributed by atoms with Crippen molar-refractivity contribution in [1.82, 2.24) is 9.80 Å². The van der Waals surface area contributed by atoms with E-state index < -0.39 is 0 Å². The molecule has 1 unspecified atom stereocenters. The highest BCUT2D eigenvalue weighted by Gasteiger charge is 2.33. The van der Waals surface area contributed by atoms with Crippen LogP contribution in [-0.4, -0.2) is 65.8 Å². The molecule has 1 atom stereocenters. The topological polar surface area (TPSA) is 53.0 Å². The SMILES string of the molecule is O=C(CC1CN(Cc2ccccc2)CCO1)N(CCO)C1CC1. The molecule has 3 rings (SSSR count). The fraction of sp³-hybridized carbons (Fsp3) is 0.611. The van der Waals surface area contributed by atoms with Crippen molar-refractivity contribution in [2.24, 2.45) is 0 Å². The lowest BCUT2D eigenvalue weighted by atomic mass is 10.1. The van der Waals surface area contributed by atoms with Gasteiger partial charge in [0, 0.05) is 32.2 Å². The summed E-state index contributed by atoms with van der Waals surface area (Å²) < 4.78 is 5.79. The zero-order valence-corrected chi connectivity index (χ0v) is 13.6. The minimum Gasteiger partial charge on any atom is -0.395 e. The molecule has 1 aliphatic carbocycles. The second kappa shape index (κ2) is 7.90. The Hall–Kier alpha value is -1.43. The lowest BCUT2D eigenvalue weighted by molar-refractivity contribution is -0.137. The van der Waals surface area contributed by atoms with Gasteiger partial charge >= 0.3 is 0 Å². The van der Waals surface area contributed by atoms with Crippen LogP contribution < -0.4 is 0 Å². The fourth-order valence-corrected chi connectivity index (χ4v) is 3.21. The molecule has 2 fully saturated rings. The summed E-state index contributed by atoms with van der Waals surface area (Å²) in [5.41, 5.74) is 1.29. The predicted molar refractivity (Wildman–Crippen MR) is 87.9 cm³/mol. The molecule has 0 bridgehead atoms. The molecule has 1 N–H and O–H groups in total. The number of amides is 1. The Morgan fingerprint density at radius 1 is 1.30 bits per heavy atom. The van der Waals surface area contributed by atoms with E-state index in [9.17, 15) is 4.79 Å².